The monoisotopic (exact) mass is 405 g/mol. The number of Topliss-reactive ketones (excluding diaryl/α,β-unsaturated/α-hetero) is 1. The van der Waals surface area contributed by atoms with Crippen LogP contribution in [0.1, 0.15) is 33.0 Å². The van der Waals surface area contributed by atoms with Gasteiger partial charge in [0.2, 0.25) is 0 Å². The van der Waals surface area contributed by atoms with Gasteiger partial charge in [-0.25, -0.2) is 0 Å². The van der Waals surface area contributed by atoms with E-state index >= 15 is 0 Å². The van der Waals surface area contributed by atoms with Crippen LogP contribution < -0.4 is 5.32 Å². The number of ketones is 1. The Morgan fingerprint density at radius 2 is 1.85 bits per heavy atom. The summed E-state index contributed by atoms with van der Waals surface area (Å²) >= 11 is 3.13. The van der Waals surface area contributed by atoms with Gasteiger partial charge in [0, 0.05) is 29.3 Å². The topological polar surface area (TPSA) is 72.5 Å². The van der Waals surface area contributed by atoms with Crippen molar-refractivity contribution in [3.05, 3.63) is 57.8 Å². The lowest BCUT2D eigenvalue weighted by molar-refractivity contribution is -0.148. The zero-order valence-electron chi connectivity index (χ0n) is 15.2. The van der Waals surface area contributed by atoms with Crippen molar-refractivity contribution in [1.29, 1.82) is 0 Å². The molecule has 1 amide bonds. The molecular weight excluding hydrogens is 382 g/mol. The van der Waals surface area contributed by atoms with E-state index in [1.807, 2.05) is 31.2 Å². The molecule has 1 N–H and O–H groups in total. The van der Waals surface area contributed by atoms with E-state index in [0.717, 1.165) is 16.4 Å². The summed E-state index contributed by atoms with van der Waals surface area (Å²) in [7, 11) is 0. The first-order chi connectivity index (χ1) is 13.0. The molecule has 0 saturated heterocycles. The summed E-state index contributed by atoms with van der Waals surface area (Å²) in [6.45, 7) is 2.13. The Labute approximate surface area is 167 Å². The Kier molecular flexibility index (Phi) is 9.07. The van der Waals surface area contributed by atoms with E-state index in [0.29, 0.717) is 11.4 Å². The average molecular weight is 406 g/mol. The fraction of sp³-hybridized carbons (Fsp3) is 0.350. The summed E-state index contributed by atoms with van der Waals surface area (Å²) in [5, 5.41) is 2.72. The molecule has 7 heteroatoms. The van der Waals surface area contributed by atoms with Gasteiger partial charge in [0.15, 0.2) is 12.4 Å². The number of rotatable bonds is 11. The number of thioether (sulfide) groups is 1. The number of esters is 1. The number of hydrogen-bond acceptors (Lipinski definition) is 6. The van der Waals surface area contributed by atoms with Crippen LogP contribution >= 0.6 is 23.1 Å². The van der Waals surface area contributed by atoms with Crippen molar-refractivity contribution in [2.45, 2.75) is 25.5 Å². The molecule has 0 atom stereocenters. The van der Waals surface area contributed by atoms with Crippen molar-refractivity contribution in [3.63, 3.8) is 0 Å². The molecule has 0 aliphatic heterocycles. The van der Waals surface area contributed by atoms with Gasteiger partial charge in [0.05, 0.1) is 11.3 Å². The molecule has 1 aromatic carbocycles. The summed E-state index contributed by atoms with van der Waals surface area (Å²) in [6.07, 6.45) is 0.0759. The number of carbonyl (C=O) groups is 3. The summed E-state index contributed by atoms with van der Waals surface area (Å²) < 4.78 is 4.92. The lowest BCUT2D eigenvalue weighted by atomic mass is 10.2. The number of aryl methyl sites for hydroxylation is 1. The number of nitrogens with one attached hydrogen (secondary N) is 1. The maximum Gasteiger partial charge on any atom is 0.306 e. The molecule has 0 saturated carbocycles. The molecule has 2 rings (SSSR count). The molecule has 1 heterocycles. The zero-order chi connectivity index (χ0) is 19.5. The zero-order valence-corrected chi connectivity index (χ0v) is 16.9. The highest BCUT2D eigenvalue weighted by atomic mass is 32.2. The number of carbonyl (C=O) groups excluding carboxylic acids is 3. The summed E-state index contributed by atoms with van der Waals surface area (Å²) in [4.78, 5) is 37.0. The third kappa shape index (κ3) is 8.41. The van der Waals surface area contributed by atoms with Gasteiger partial charge in [-0.1, -0.05) is 30.3 Å². The highest BCUT2D eigenvalue weighted by Gasteiger charge is 2.13. The molecule has 0 spiro atoms. The Hall–Kier alpha value is -2.12. The lowest BCUT2D eigenvalue weighted by Crippen LogP contribution is -2.30. The van der Waals surface area contributed by atoms with E-state index in [9.17, 15) is 14.4 Å². The Bertz CT molecular complexity index is 758. The third-order valence-corrected chi connectivity index (χ3v) is 5.69. The molecule has 0 aliphatic rings. The molecule has 0 unspecified atom stereocenters. The van der Waals surface area contributed by atoms with Crippen LogP contribution in [0.4, 0.5) is 0 Å². The number of amides is 1. The fourth-order valence-electron chi connectivity index (χ4n) is 2.22. The van der Waals surface area contributed by atoms with Crippen LogP contribution in [0.5, 0.6) is 0 Å². The molecule has 0 aliphatic carbocycles. The normalized spacial score (nSPS) is 10.4. The van der Waals surface area contributed by atoms with E-state index in [4.69, 9.17) is 4.74 Å². The maximum atomic E-state index is 11.9. The smallest absolute Gasteiger partial charge is 0.306 e. The van der Waals surface area contributed by atoms with Gasteiger partial charge >= 0.3 is 5.97 Å². The molecule has 27 heavy (non-hydrogen) atoms. The number of hydrogen-bond donors (Lipinski definition) is 1. The van der Waals surface area contributed by atoms with Crippen molar-refractivity contribution in [3.8, 4) is 0 Å². The maximum absolute atomic E-state index is 11.9. The van der Waals surface area contributed by atoms with E-state index in [1.54, 1.807) is 17.8 Å². The molecule has 2 aromatic rings. The van der Waals surface area contributed by atoms with Crippen molar-refractivity contribution in [2.75, 3.05) is 18.9 Å². The van der Waals surface area contributed by atoms with E-state index < -0.39 is 5.97 Å². The van der Waals surface area contributed by atoms with Crippen molar-refractivity contribution in [2.24, 2.45) is 0 Å². The number of thiophene rings is 1. The van der Waals surface area contributed by atoms with Crippen molar-refractivity contribution in [1.82, 2.24) is 5.32 Å². The van der Waals surface area contributed by atoms with Gasteiger partial charge in [-0.15, -0.1) is 11.3 Å². The fourth-order valence-corrected chi connectivity index (χ4v) is 3.87. The van der Waals surface area contributed by atoms with Gasteiger partial charge < -0.3 is 10.1 Å². The first-order valence-electron chi connectivity index (χ1n) is 8.68. The van der Waals surface area contributed by atoms with Gasteiger partial charge in [-0.3, -0.25) is 14.4 Å². The predicted octanol–water partition coefficient (Wildman–Crippen LogP) is 3.61. The van der Waals surface area contributed by atoms with Gasteiger partial charge in [-0.05, 0) is 24.6 Å². The quantitative estimate of drug-likeness (QED) is 0.351. The summed E-state index contributed by atoms with van der Waals surface area (Å²) in [5.74, 6) is 0.728. The van der Waals surface area contributed by atoms with E-state index in [-0.39, 0.29) is 31.1 Å². The molecule has 5 nitrogen and oxygen atoms in total. The third-order valence-electron chi connectivity index (χ3n) is 3.62. The number of benzene rings is 1. The Morgan fingerprint density at radius 3 is 2.56 bits per heavy atom. The summed E-state index contributed by atoms with van der Waals surface area (Å²) in [6, 6.07) is 13.7. The Morgan fingerprint density at radius 1 is 1.07 bits per heavy atom. The lowest BCUT2D eigenvalue weighted by Gasteiger charge is -2.06. The minimum Gasteiger partial charge on any atom is -0.456 e. The van der Waals surface area contributed by atoms with Crippen molar-refractivity contribution >= 4 is 40.8 Å². The van der Waals surface area contributed by atoms with Crippen LogP contribution in [-0.2, 0) is 20.1 Å². The minimum absolute atomic E-state index is 0.0179. The predicted molar refractivity (Wildman–Crippen MR) is 109 cm³/mol. The standard InChI is InChI=1S/C20H23NO4S2/c1-15-7-9-18(27-15)17(22)8-10-20(24)25-13-19(23)21-11-12-26-14-16-5-3-2-4-6-16/h2-7,9H,8,10-14H2,1H3,(H,21,23). The van der Waals surface area contributed by atoms with Gasteiger partial charge in [-0.2, -0.15) is 11.8 Å². The van der Waals surface area contributed by atoms with Crippen LogP contribution in [0.15, 0.2) is 42.5 Å². The van der Waals surface area contributed by atoms with Gasteiger partial charge in [0.1, 0.15) is 0 Å². The molecule has 0 bridgehead atoms. The second kappa shape index (κ2) is 11.6. The largest absolute Gasteiger partial charge is 0.456 e. The Balaban J connectivity index is 1.51. The second-order valence-corrected chi connectivity index (χ2v) is 8.28. The van der Waals surface area contributed by atoms with Crippen LogP contribution in [0.2, 0.25) is 0 Å². The number of ether oxygens (including phenoxy) is 1. The second-order valence-electron chi connectivity index (χ2n) is 5.88. The molecule has 0 radical (unpaired) electrons. The van der Waals surface area contributed by atoms with Crippen LogP contribution in [0.3, 0.4) is 0 Å². The first kappa shape index (κ1) is 21.2. The van der Waals surface area contributed by atoms with E-state index in [2.05, 4.69) is 17.4 Å². The highest BCUT2D eigenvalue weighted by molar-refractivity contribution is 7.98. The summed E-state index contributed by atoms with van der Waals surface area (Å²) in [5.41, 5.74) is 1.25. The van der Waals surface area contributed by atoms with E-state index in [1.165, 1.54) is 16.9 Å². The molecule has 1 aromatic heterocycles. The van der Waals surface area contributed by atoms with Crippen molar-refractivity contribution < 1.29 is 19.1 Å². The van der Waals surface area contributed by atoms with Gasteiger partial charge in [0.25, 0.3) is 5.91 Å². The molecule has 0 fully saturated rings. The van der Waals surface area contributed by atoms with Crippen LogP contribution in [-0.4, -0.2) is 36.6 Å². The SMILES string of the molecule is Cc1ccc(C(=O)CCC(=O)OCC(=O)NCCSCc2ccccc2)s1. The molecule has 144 valence electrons. The minimum atomic E-state index is -0.537. The first-order valence-corrected chi connectivity index (χ1v) is 10.7. The van der Waals surface area contributed by atoms with Crippen LogP contribution in [0, 0.1) is 6.92 Å². The highest BCUT2D eigenvalue weighted by Crippen LogP contribution is 2.17. The molecular formula is C20H23NO4S2. The van der Waals surface area contributed by atoms with Crippen LogP contribution in [0.25, 0.3) is 0 Å². The average Bonchev–Trinajstić information content (AvgIpc) is 3.11.